The van der Waals surface area contributed by atoms with Crippen LogP contribution < -0.4 is 15.2 Å². The summed E-state index contributed by atoms with van der Waals surface area (Å²) in [5.74, 6) is 0.0238. The first-order chi connectivity index (χ1) is 17.3. The van der Waals surface area contributed by atoms with Crippen LogP contribution in [-0.4, -0.2) is 47.4 Å². The fourth-order valence-corrected chi connectivity index (χ4v) is 3.91. The van der Waals surface area contributed by atoms with Crippen molar-refractivity contribution in [2.45, 2.75) is 12.9 Å². The lowest BCUT2D eigenvalue weighted by Crippen LogP contribution is -2.36. The third kappa shape index (κ3) is 5.57. The molecule has 0 aliphatic carbocycles. The fraction of sp³-hybridized carbons (Fsp3) is 0.240. The van der Waals surface area contributed by atoms with Crippen LogP contribution in [0.5, 0.6) is 5.75 Å². The van der Waals surface area contributed by atoms with E-state index in [0.29, 0.717) is 30.9 Å². The van der Waals surface area contributed by atoms with Gasteiger partial charge in [0.15, 0.2) is 0 Å². The van der Waals surface area contributed by atoms with E-state index in [4.69, 9.17) is 9.26 Å². The first-order valence-corrected chi connectivity index (χ1v) is 11.2. The highest BCUT2D eigenvalue weighted by molar-refractivity contribution is 5.60. The number of halogens is 3. The van der Waals surface area contributed by atoms with Gasteiger partial charge in [0.05, 0.1) is 25.3 Å². The summed E-state index contributed by atoms with van der Waals surface area (Å²) in [5, 5.41) is 3.91. The molecule has 0 bridgehead atoms. The number of rotatable bonds is 6. The smallest absolute Gasteiger partial charge is 0.406 e. The summed E-state index contributed by atoms with van der Waals surface area (Å²) in [4.78, 5) is 19.1. The maximum Gasteiger partial charge on any atom is 0.573 e. The summed E-state index contributed by atoms with van der Waals surface area (Å²) >= 11 is 0. The van der Waals surface area contributed by atoms with Crippen molar-refractivity contribution >= 4 is 5.69 Å². The zero-order chi connectivity index (χ0) is 25.1. The van der Waals surface area contributed by atoms with Crippen molar-refractivity contribution in [2.24, 2.45) is 0 Å². The highest BCUT2D eigenvalue weighted by Crippen LogP contribution is 2.27. The van der Waals surface area contributed by atoms with Crippen molar-refractivity contribution in [1.82, 2.24) is 14.7 Å². The van der Waals surface area contributed by atoms with Crippen molar-refractivity contribution in [3.05, 3.63) is 82.8 Å². The van der Waals surface area contributed by atoms with E-state index in [1.54, 1.807) is 16.8 Å². The molecule has 2 aromatic heterocycles. The molecule has 5 rings (SSSR count). The quantitative estimate of drug-likeness (QED) is 0.391. The molecule has 2 aromatic carbocycles. The van der Waals surface area contributed by atoms with E-state index < -0.39 is 6.36 Å². The number of alkyl halides is 3. The standard InChI is InChI=1S/C25H21F3N4O4/c26-25(27,28)35-21-7-4-18(5-8-21)23-29-24(36-30-23)19-6-9-22(33)32(16-19)15-17-2-1-3-20(14-17)31-10-12-34-13-11-31/h1-9,14,16H,10-13,15H2. The number of benzene rings is 2. The van der Waals surface area contributed by atoms with Crippen LogP contribution in [0.1, 0.15) is 5.56 Å². The van der Waals surface area contributed by atoms with Crippen LogP contribution in [0.25, 0.3) is 22.8 Å². The molecule has 1 aliphatic heterocycles. The number of hydrogen-bond donors (Lipinski definition) is 0. The van der Waals surface area contributed by atoms with Gasteiger partial charge in [0, 0.05) is 36.6 Å². The number of ether oxygens (including phenoxy) is 2. The first-order valence-electron chi connectivity index (χ1n) is 11.2. The first kappa shape index (κ1) is 23.6. The Kier molecular flexibility index (Phi) is 6.47. The largest absolute Gasteiger partial charge is 0.573 e. The molecule has 1 saturated heterocycles. The normalized spacial score (nSPS) is 14.1. The number of morpholine rings is 1. The number of aromatic nitrogens is 3. The van der Waals surface area contributed by atoms with E-state index in [2.05, 4.69) is 25.8 Å². The third-order valence-electron chi connectivity index (χ3n) is 5.64. The van der Waals surface area contributed by atoms with Crippen LogP contribution in [0, 0.1) is 0 Å². The minimum Gasteiger partial charge on any atom is -0.406 e. The predicted octanol–water partition coefficient (Wildman–Crippen LogP) is 4.35. The average Bonchev–Trinajstić information content (AvgIpc) is 3.36. The average molecular weight is 498 g/mol. The number of pyridine rings is 1. The maximum atomic E-state index is 12.5. The molecule has 3 heterocycles. The molecule has 0 unspecified atom stereocenters. The summed E-state index contributed by atoms with van der Waals surface area (Å²) in [6.07, 6.45) is -3.13. The van der Waals surface area contributed by atoms with E-state index in [-0.39, 0.29) is 23.0 Å². The van der Waals surface area contributed by atoms with Crippen LogP contribution in [0.2, 0.25) is 0 Å². The molecule has 186 valence electrons. The minimum absolute atomic E-state index is 0.177. The maximum absolute atomic E-state index is 12.5. The molecular formula is C25H21F3N4O4. The highest BCUT2D eigenvalue weighted by Gasteiger charge is 2.31. The lowest BCUT2D eigenvalue weighted by molar-refractivity contribution is -0.274. The number of anilines is 1. The Morgan fingerprint density at radius 1 is 0.972 bits per heavy atom. The molecule has 11 heteroatoms. The Hall–Kier alpha value is -4.12. The van der Waals surface area contributed by atoms with Gasteiger partial charge in [0.2, 0.25) is 5.82 Å². The molecule has 0 radical (unpaired) electrons. The zero-order valence-electron chi connectivity index (χ0n) is 18.9. The van der Waals surface area contributed by atoms with Gasteiger partial charge in [0.1, 0.15) is 5.75 Å². The van der Waals surface area contributed by atoms with Crippen LogP contribution in [-0.2, 0) is 11.3 Å². The number of nitrogens with zero attached hydrogens (tertiary/aromatic N) is 4. The van der Waals surface area contributed by atoms with Gasteiger partial charge in [-0.1, -0.05) is 17.3 Å². The Bertz CT molecular complexity index is 1390. The number of hydrogen-bond acceptors (Lipinski definition) is 7. The molecule has 8 nitrogen and oxygen atoms in total. The van der Waals surface area contributed by atoms with Gasteiger partial charge in [0.25, 0.3) is 11.4 Å². The van der Waals surface area contributed by atoms with Crippen molar-refractivity contribution < 1.29 is 27.2 Å². The van der Waals surface area contributed by atoms with Gasteiger partial charge in [-0.25, -0.2) is 0 Å². The second-order valence-corrected chi connectivity index (χ2v) is 8.15. The van der Waals surface area contributed by atoms with Gasteiger partial charge < -0.3 is 23.5 Å². The van der Waals surface area contributed by atoms with Crippen molar-refractivity contribution in [3.8, 4) is 28.6 Å². The molecule has 4 aromatic rings. The molecular weight excluding hydrogens is 477 g/mol. The summed E-state index contributed by atoms with van der Waals surface area (Å²) in [5.41, 5.74) is 2.84. The van der Waals surface area contributed by atoms with Gasteiger partial charge >= 0.3 is 6.36 Å². The summed E-state index contributed by atoms with van der Waals surface area (Å²) in [6, 6.07) is 16.2. The molecule has 0 saturated carbocycles. The Morgan fingerprint density at radius 3 is 2.47 bits per heavy atom. The SMILES string of the molecule is O=c1ccc(-c2nc(-c3ccc(OC(F)(F)F)cc3)no2)cn1Cc1cccc(N2CCOCC2)c1. The van der Waals surface area contributed by atoms with E-state index in [1.165, 1.54) is 30.3 Å². The van der Waals surface area contributed by atoms with Crippen molar-refractivity contribution in [1.29, 1.82) is 0 Å². The molecule has 1 aliphatic rings. The molecule has 1 fully saturated rings. The molecule has 0 amide bonds. The molecule has 0 spiro atoms. The zero-order valence-corrected chi connectivity index (χ0v) is 18.9. The van der Waals surface area contributed by atoms with E-state index in [1.807, 2.05) is 18.2 Å². The summed E-state index contributed by atoms with van der Waals surface area (Å²) < 4.78 is 53.3. The Balaban J connectivity index is 1.34. The van der Waals surface area contributed by atoms with Crippen LogP contribution in [0.4, 0.5) is 18.9 Å². The molecule has 0 N–H and O–H groups in total. The second-order valence-electron chi connectivity index (χ2n) is 8.15. The second kappa shape index (κ2) is 9.86. The predicted molar refractivity (Wildman–Crippen MR) is 125 cm³/mol. The van der Waals surface area contributed by atoms with Gasteiger partial charge in [-0.05, 0) is 48.0 Å². The fourth-order valence-electron chi connectivity index (χ4n) is 3.91. The Labute approximate surface area is 203 Å². The van der Waals surface area contributed by atoms with Crippen molar-refractivity contribution in [2.75, 3.05) is 31.2 Å². The lowest BCUT2D eigenvalue weighted by atomic mass is 10.1. The summed E-state index contributed by atoms with van der Waals surface area (Å²) in [6.45, 7) is 3.35. The van der Waals surface area contributed by atoms with E-state index >= 15 is 0 Å². The van der Waals surface area contributed by atoms with Gasteiger partial charge in [-0.2, -0.15) is 4.98 Å². The van der Waals surface area contributed by atoms with Crippen LogP contribution in [0.15, 0.2) is 76.2 Å². The van der Waals surface area contributed by atoms with Crippen molar-refractivity contribution in [3.63, 3.8) is 0 Å². The van der Waals surface area contributed by atoms with Crippen LogP contribution in [0.3, 0.4) is 0 Å². The van der Waals surface area contributed by atoms with E-state index in [9.17, 15) is 18.0 Å². The summed E-state index contributed by atoms with van der Waals surface area (Å²) in [7, 11) is 0. The topological polar surface area (TPSA) is 82.6 Å². The lowest BCUT2D eigenvalue weighted by Gasteiger charge is -2.29. The molecule has 0 atom stereocenters. The molecule has 36 heavy (non-hydrogen) atoms. The van der Waals surface area contributed by atoms with Gasteiger partial charge in [-0.15, -0.1) is 13.2 Å². The third-order valence-corrected chi connectivity index (χ3v) is 5.64. The van der Waals surface area contributed by atoms with Crippen LogP contribution >= 0.6 is 0 Å². The van der Waals surface area contributed by atoms with Gasteiger partial charge in [-0.3, -0.25) is 4.79 Å². The van der Waals surface area contributed by atoms with E-state index in [0.717, 1.165) is 24.3 Å². The monoisotopic (exact) mass is 498 g/mol. The minimum atomic E-state index is -4.77. The highest BCUT2D eigenvalue weighted by atomic mass is 19.4. The Morgan fingerprint density at radius 2 is 1.72 bits per heavy atom.